The zero-order chi connectivity index (χ0) is 18.4. The third-order valence-corrected chi connectivity index (χ3v) is 4.33. The minimum atomic E-state index is -0.217. The van der Waals surface area contributed by atoms with Gasteiger partial charge in [0.05, 0.1) is 22.3 Å². The van der Waals surface area contributed by atoms with Crippen molar-refractivity contribution in [3.05, 3.63) is 52.5 Å². The summed E-state index contributed by atoms with van der Waals surface area (Å²) >= 11 is 7.45. The molecule has 0 saturated heterocycles. The van der Waals surface area contributed by atoms with Gasteiger partial charge in [-0.2, -0.15) is 5.26 Å². The fourth-order valence-electron chi connectivity index (χ4n) is 2.07. The Morgan fingerprint density at radius 3 is 2.64 bits per heavy atom. The molecule has 5 nitrogen and oxygen atoms in total. The highest BCUT2D eigenvalue weighted by molar-refractivity contribution is 7.98. The Morgan fingerprint density at radius 1 is 1.28 bits per heavy atom. The number of Topliss-reactive ketones (excluding diaryl/α,β-unsaturated/α-hetero) is 1. The van der Waals surface area contributed by atoms with Crippen LogP contribution in [-0.4, -0.2) is 24.6 Å². The van der Waals surface area contributed by atoms with Crippen molar-refractivity contribution in [3.8, 4) is 11.8 Å². The number of thioether (sulfide) groups is 1. The van der Waals surface area contributed by atoms with Gasteiger partial charge in [-0.1, -0.05) is 11.6 Å². The lowest BCUT2D eigenvalue weighted by molar-refractivity contribution is -0.114. The maximum atomic E-state index is 12.3. The summed E-state index contributed by atoms with van der Waals surface area (Å²) in [4.78, 5) is 24.3. The third kappa shape index (κ3) is 4.99. The molecule has 0 atom stereocenters. The molecule has 0 radical (unpaired) electrons. The number of carbonyl (C=O) groups excluding carboxylic acids is 2. The van der Waals surface area contributed by atoms with Crippen molar-refractivity contribution in [2.75, 3.05) is 18.2 Å². The number of carbonyl (C=O) groups is 2. The summed E-state index contributed by atoms with van der Waals surface area (Å²) in [5.74, 6) is -0.0488. The van der Waals surface area contributed by atoms with E-state index in [1.807, 2.05) is 12.3 Å². The van der Waals surface area contributed by atoms with Gasteiger partial charge in [0.1, 0.15) is 5.75 Å². The molecule has 1 amide bonds. The number of nitrogens with zero attached hydrogens (tertiary/aromatic N) is 1. The van der Waals surface area contributed by atoms with Gasteiger partial charge in [0.15, 0.2) is 12.4 Å². The van der Waals surface area contributed by atoms with Crippen molar-refractivity contribution in [2.45, 2.75) is 11.8 Å². The quantitative estimate of drug-likeness (QED) is 0.606. The zero-order valence-electron chi connectivity index (χ0n) is 13.6. The number of nitriles is 1. The van der Waals surface area contributed by atoms with Gasteiger partial charge in [-0.05, 0) is 42.7 Å². The molecule has 0 heterocycles. The smallest absolute Gasteiger partial charge is 0.221 e. The highest BCUT2D eigenvalue weighted by Crippen LogP contribution is 2.28. The maximum absolute atomic E-state index is 12.3. The number of amides is 1. The van der Waals surface area contributed by atoms with E-state index in [2.05, 4.69) is 5.32 Å². The van der Waals surface area contributed by atoms with Gasteiger partial charge in [-0.3, -0.25) is 9.59 Å². The topological polar surface area (TPSA) is 79.2 Å². The van der Waals surface area contributed by atoms with Gasteiger partial charge in [0, 0.05) is 17.4 Å². The number of hydrogen-bond donors (Lipinski definition) is 1. The summed E-state index contributed by atoms with van der Waals surface area (Å²) in [6.45, 7) is 1.25. The van der Waals surface area contributed by atoms with Gasteiger partial charge in [0.25, 0.3) is 0 Å². The first-order chi connectivity index (χ1) is 11.9. The Hall–Kier alpha value is -2.49. The Labute approximate surface area is 154 Å². The summed E-state index contributed by atoms with van der Waals surface area (Å²) in [6.07, 6.45) is 1.86. The molecule has 2 rings (SSSR count). The molecular weight excluding hydrogens is 360 g/mol. The Bertz CT molecular complexity index is 862. The Kier molecular flexibility index (Phi) is 6.45. The van der Waals surface area contributed by atoms with E-state index in [1.165, 1.54) is 24.8 Å². The van der Waals surface area contributed by atoms with Gasteiger partial charge in [-0.25, -0.2) is 0 Å². The monoisotopic (exact) mass is 374 g/mol. The fraction of sp³-hybridized carbons (Fsp3) is 0.167. The summed E-state index contributed by atoms with van der Waals surface area (Å²) < 4.78 is 5.45. The number of ether oxygens (including phenoxy) is 1. The normalized spacial score (nSPS) is 10.0. The molecule has 7 heteroatoms. The average molecular weight is 375 g/mol. The van der Waals surface area contributed by atoms with E-state index in [1.54, 1.807) is 30.3 Å². The lowest BCUT2D eigenvalue weighted by Crippen LogP contribution is -2.13. The Morgan fingerprint density at radius 2 is 2.04 bits per heavy atom. The van der Waals surface area contributed by atoms with Crippen LogP contribution in [-0.2, 0) is 4.79 Å². The molecule has 0 aliphatic carbocycles. The van der Waals surface area contributed by atoms with E-state index in [-0.39, 0.29) is 23.3 Å². The first-order valence-electron chi connectivity index (χ1n) is 7.26. The molecule has 0 aromatic heterocycles. The molecule has 0 aliphatic heterocycles. The number of anilines is 1. The molecule has 0 unspecified atom stereocenters. The van der Waals surface area contributed by atoms with Crippen LogP contribution in [0.5, 0.6) is 5.75 Å². The van der Waals surface area contributed by atoms with Crippen LogP contribution in [0.2, 0.25) is 5.02 Å². The largest absolute Gasteiger partial charge is 0.484 e. The molecule has 0 aliphatic rings. The second-order valence-corrected chi connectivity index (χ2v) is 6.32. The fourth-order valence-corrected chi connectivity index (χ4v) is 2.89. The predicted molar refractivity (Wildman–Crippen MR) is 98.5 cm³/mol. The predicted octanol–water partition coefficient (Wildman–Crippen LogP) is 4.15. The Balaban J connectivity index is 2.10. The zero-order valence-corrected chi connectivity index (χ0v) is 15.2. The molecule has 2 aromatic rings. The van der Waals surface area contributed by atoms with Gasteiger partial charge in [-0.15, -0.1) is 11.8 Å². The van der Waals surface area contributed by atoms with E-state index in [9.17, 15) is 9.59 Å². The van der Waals surface area contributed by atoms with E-state index in [0.29, 0.717) is 22.6 Å². The van der Waals surface area contributed by atoms with Crippen LogP contribution in [0.15, 0.2) is 41.3 Å². The van der Waals surface area contributed by atoms with Crippen LogP contribution in [0.3, 0.4) is 0 Å². The number of rotatable bonds is 6. The molecular formula is C18H15ClN2O3S. The molecule has 2 aromatic carbocycles. The number of benzene rings is 2. The molecule has 0 fully saturated rings. The van der Waals surface area contributed by atoms with Crippen LogP contribution in [0.25, 0.3) is 0 Å². The molecule has 128 valence electrons. The van der Waals surface area contributed by atoms with E-state index in [4.69, 9.17) is 21.6 Å². The molecule has 1 N–H and O–H groups in total. The average Bonchev–Trinajstić information content (AvgIpc) is 2.60. The number of hydrogen-bond acceptors (Lipinski definition) is 5. The van der Waals surface area contributed by atoms with Crippen LogP contribution >= 0.6 is 23.4 Å². The standard InChI is InChI=1S/C18H15ClN2O3S/c1-11(22)21-15-5-4-13(8-18(15)25-2)16(23)10-24-17-6-3-12(9-20)7-14(17)19/h3-8H,10H2,1-2H3,(H,21,22). The van der Waals surface area contributed by atoms with Crippen molar-refractivity contribution in [1.82, 2.24) is 0 Å². The van der Waals surface area contributed by atoms with E-state index in [0.717, 1.165) is 4.90 Å². The second kappa shape index (κ2) is 8.56. The van der Waals surface area contributed by atoms with Crippen molar-refractivity contribution in [3.63, 3.8) is 0 Å². The summed E-state index contributed by atoms with van der Waals surface area (Å²) in [6, 6.07) is 11.6. The first kappa shape index (κ1) is 18.8. The van der Waals surface area contributed by atoms with Crippen molar-refractivity contribution in [2.24, 2.45) is 0 Å². The highest BCUT2D eigenvalue weighted by Gasteiger charge is 2.12. The van der Waals surface area contributed by atoms with Crippen LogP contribution in [0, 0.1) is 11.3 Å². The minimum absolute atomic E-state index is 0.173. The third-order valence-electron chi connectivity index (χ3n) is 3.25. The van der Waals surface area contributed by atoms with Crippen LogP contribution in [0.4, 0.5) is 5.69 Å². The second-order valence-electron chi connectivity index (χ2n) is 5.07. The van der Waals surface area contributed by atoms with Gasteiger partial charge >= 0.3 is 0 Å². The lowest BCUT2D eigenvalue weighted by atomic mass is 10.1. The molecule has 0 bridgehead atoms. The SMILES string of the molecule is CSc1cc(C(=O)COc2ccc(C#N)cc2Cl)ccc1NC(C)=O. The highest BCUT2D eigenvalue weighted by atomic mass is 35.5. The minimum Gasteiger partial charge on any atom is -0.484 e. The van der Waals surface area contributed by atoms with E-state index >= 15 is 0 Å². The number of ketones is 1. The molecule has 0 spiro atoms. The van der Waals surface area contributed by atoms with Gasteiger partial charge in [0.2, 0.25) is 5.91 Å². The lowest BCUT2D eigenvalue weighted by Gasteiger charge is -2.11. The maximum Gasteiger partial charge on any atom is 0.221 e. The van der Waals surface area contributed by atoms with Crippen LogP contribution in [0.1, 0.15) is 22.8 Å². The molecule has 25 heavy (non-hydrogen) atoms. The summed E-state index contributed by atoms with van der Waals surface area (Å²) in [5, 5.41) is 11.8. The number of nitrogens with one attached hydrogen (secondary N) is 1. The molecule has 0 saturated carbocycles. The van der Waals surface area contributed by atoms with Crippen molar-refractivity contribution < 1.29 is 14.3 Å². The van der Waals surface area contributed by atoms with Crippen molar-refractivity contribution >= 4 is 40.7 Å². The van der Waals surface area contributed by atoms with Crippen LogP contribution < -0.4 is 10.1 Å². The summed E-state index contributed by atoms with van der Waals surface area (Å²) in [5.41, 5.74) is 1.55. The first-order valence-corrected chi connectivity index (χ1v) is 8.86. The van der Waals surface area contributed by atoms with Gasteiger partial charge < -0.3 is 10.1 Å². The summed E-state index contributed by atoms with van der Waals surface area (Å²) in [7, 11) is 0. The van der Waals surface area contributed by atoms with Crippen molar-refractivity contribution in [1.29, 1.82) is 5.26 Å². The van der Waals surface area contributed by atoms with E-state index < -0.39 is 0 Å². The number of halogens is 1.